The number of amides is 3. The maximum atomic E-state index is 12.5. The molecule has 0 atom stereocenters. The average Bonchev–Trinajstić information content (AvgIpc) is 2.59. The summed E-state index contributed by atoms with van der Waals surface area (Å²) in [6, 6.07) is 6.36. The van der Waals surface area contributed by atoms with Crippen molar-refractivity contribution in [2.45, 2.75) is 56.7 Å². The fourth-order valence-corrected chi connectivity index (χ4v) is 5.82. The second kappa shape index (κ2) is 7.54. The molecule has 0 aliphatic heterocycles. The van der Waals surface area contributed by atoms with E-state index >= 15 is 0 Å². The van der Waals surface area contributed by atoms with Crippen LogP contribution in [0.2, 0.25) is 0 Å². The second-order valence-corrected chi connectivity index (χ2v) is 9.04. The zero-order valence-electron chi connectivity index (χ0n) is 16.1. The molecule has 4 aliphatic rings. The zero-order valence-corrected chi connectivity index (χ0v) is 16.1. The van der Waals surface area contributed by atoms with Crippen LogP contribution in [-0.4, -0.2) is 30.2 Å². The summed E-state index contributed by atoms with van der Waals surface area (Å²) in [5, 5.41) is 7.92. The van der Waals surface area contributed by atoms with Gasteiger partial charge in [-0.05, 0) is 74.0 Å². The number of anilines is 1. The van der Waals surface area contributed by atoms with E-state index in [0.29, 0.717) is 11.3 Å². The van der Waals surface area contributed by atoms with Gasteiger partial charge >= 0.3 is 12.2 Å². The number of carbonyl (C=O) groups excluding carboxylic acids is 2. The van der Waals surface area contributed by atoms with E-state index in [1.165, 1.54) is 19.3 Å². The summed E-state index contributed by atoms with van der Waals surface area (Å²) in [5.41, 5.74) is 1.10. The molecule has 158 valence electrons. The van der Waals surface area contributed by atoms with Crippen molar-refractivity contribution < 1.29 is 22.8 Å². The van der Waals surface area contributed by atoms with Crippen LogP contribution in [-0.2, 0) is 11.2 Å². The van der Waals surface area contributed by atoms with Crippen LogP contribution in [0, 0.1) is 17.8 Å². The molecule has 0 unspecified atom stereocenters. The van der Waals surface area contributed by atoms with E-state index in [1.807, 2.05) is 5.32 Å². The Bertz CT molecular complexity index is 741. The number of carbonyl (C=O) groups is 2. The minimum absolute atomic E-state index is 0.0741. The monoisotopic (exact) mass is 409 g/mol. The van der Waals surface area contributed by atoms with Crippen LogP contribution in [0.1, 0.15) is 44.1 Å². The van der Waals surface area contributed by atoms with Gasteiger partial charge in [-0.15, -0.1) is 0 Å². The molecule has 4 aliphatic carbocycles. The van der Waals surface area contributed by atoms with E-state index in [2.05, 4.69) is 10.6 Å². The summed E-state index contributed by atoms with van der Waals surface area (Å²) in [6.45, 7) is -1.34. The fraction of sp³-hybridized carbons (Fsp3) is 0.619. The third-order valence-electron chi connectivity index (χ3n) is 6.48. The van der Waals surface area contributed by atoms with Crippen LogP contribution in [0.15, 0.2) is 24.3 Å². The topological polar surface area (TPSA) is 70.2 Å². The van der Waals surface area contributed by atoms with E-state index in [-0.39, 0.29) is 18.0 Å². The first-order valence-electron chi connectivity index (χ1n) is 10.2. The highest BCUT2D eigenvalue weighted by Gasteiger charge is 2.51. The number of halogens is 3. The largest absolute Gasteiger partial charge is 0.405 e. The van der Waals surface area contributed by atoms with Gasteiger partial charge in [0.1, 0.15) is 6.54 Å². The van der Waals surface area contributed by atoms with Gasteiger partial charge in [-0.25, -0.2) is 4.79 Å². The lowest BCUT2D eigenvalue weighted by Gasteiger charge is -2.56. The van der Waals surface area contributed by atoms with Crippen molar-refractivity contribution in [2.75, 3.05) is 11.9 Å². The van der Waals surface area contributed by atoms with Crippen molar-refractivity contribution in [3.63, 3.8) is 0 Å². The smallest absolute Gasteiger partial charge is 0.347 e. The van der Waals surface area contributed by atoms with Crippen molar-refractivity contribution in [1.82, 2.24) is 10.6 Å². The standard InChI is InChI=1S/C21H26F3N3O2/c22-21(23,24)12-25-18(28)8-13-1-3-17(4-2-13)26-19(29)27-20-9-14-5-15(10-20)7-16(6-14)11-20/h1-4,14-16H,5-12H2,(H,25,28)(H2,26,27,29). The Kier molecular flexibility index (Phi) is 5.21. The van der Waals surface area contributed by atoms with Crippen molar-refractivity contribution in [2.24, 2.45) is 17.8 Å². The van der Waals surface area contributed by atoms with Crippen LogP contribution in [0.3, 0.4) is 0 Å². The van der Waals surface area contributed by atoms with Gasteiger partial charge in [-0.1, -0.05) is 12.1 Å². The molecular formula is C21H26F3N3O2. The Hall–Kier alpha value is -2.25. The summed E-state index contributed by atoms with van der Waals surface area (Å²) < 4.78 is 36.4. The van der Waals surface area contributed by atoms with Gasteiger partial charge in [0.05, 0.1) is 6.42 Å². The summed E-state index contributed by atoms with van der Waals surface area (Å²) >= 11 is 0. The predicted octanol–water partition coefficient (Wildman–Crippen LogP) is 4.00. The zero-order chi connectivity index (χ0) is 20.6. The molecule has 29 heavy (non-hydrogen) atoms. The molecule has 4 fully saturated rings. The van der Waals surface area contributed by atoms with Gasteiger partial charge in [0.25, 0.3) is 0 Å². The molecule has 3 N–H and O–H groups in total. The van der Waals surface area contributed by atoms with E-state index in [1.54, 1.807) is 24.3 Å². The maximum Gasteiger partial charge on any atom is 0.405 e. The molecule has 0 aromatic heterocycles. The normalized spacial score (nSPS) is 30.1. The van der Waals surface area contributed by atoms with Crippen LogP contribution in [0.5, 0.6) is 0 Å². The van der Waals surface area contributed by atoms with Crippen molar-refractivity contribution in [1.29, 1.82) is 0 Å². The number of hydrogen-bond donors (Lipinski definition) is 3. The van der Waals surface area contributed by atoms with Gasteiger partial charge < -0.3 is 16.0 Å². The summed E-state index contributed by atoms with van der Waals surface area (Å²) in [4.78, 5) is 24.1. The molecule has 0 saturated heterocycles. The van der Waals surface area contributed by atoms with Crippen LogP contribution in [0.25, 0.3) is 0 Å². The van der Waals surface area contributed by atoms with Crippen LogP contribution < -0.4 is 16.0 Å². The van der Waals surface area contributed by atoms with Crippen LogP contribution in [0.4, 0.5) is 23.7 Å². The SMILES string of the molecule is O=C(Cc1ccc(NC(=O)NC23CC4CC(CC(C4)C2)C3)cc1)NCC(F)(F)F. The average molecular weight is 409 g/mol. The fourth-order valence-electron chi connectivity index (χ4n) is 5.82. The number of urea groups is 1. The molecule has 4 saturated carbocycles. The molecule has 1 aromatic rings. The van der Waals surface area contributed by atoms with E-state index in [9.17, 15) is 22.8 Å². The maximum absolute atomic E-state index is 12.5. The van der Waals surface area contributed by atoms with Crippen molar-refractivity contribution >= 4 is 17.6 Å². The molecule has 0 radical (unpaired) electrons. The number of rotatable bonds is 5. The Morgan fingerprint density at radius 3 is 2.03 bits per heavy atom. The van der Waals surface area contributed by atoms with Gasteiger partial charge in [0, 0.05) is 11.2 Å². The second-order valence-electron chi connectivity index (χ2n) is 9.04. The highest BCUT2D eigenvalue weighted by Crippen LogP contribution is 2.55. The van der Waals surface area contributed by atoms with E-state index in [0.717, 1.165) is 37.0 Å². The molecule has 0 heterocycles. The van der Waals surface area contributed by atoms with Gasteiger partial charge in [0.2, 0.25) is 5.91 Å². The number of nitrogens with one attached hydrogen (secondary N) is 3. The third kappa shape index (κ3) is 5.03. The van der Waals surface area contributed by atoms with Gasteiger partial charge in [-0.2, -0.15) is 13.2 Å². The first-order valence-corrected chi connectivity index (χ1v) is 10.2. The third-order valence-corrected chi connectivity index (χ3v) is 6.48. The van der Waals surface area contributed by atoms with Gasteiger partial charge in [0.15, 0.2) is 0 Å². The molecule has 3 amide bonds. The lowest BCUT2D eigenvalue weighted by Crippen LogP contribution is -2.60. The molecule has 5 nitrogen and oxygen atoms in total. The van der Waals surface area contributed by atoms with E-state index in [4.69, 9.17) is 0 Å². The summed E-state index contributed by atoms with van der Waals surface area (Å²) in [5.74, 6) is 1.53. The lowest BCUT2D eigenvalue weighted by molar-refractivity contribution is -0.138. The number of benzene rings is 1. The lowest BCUT2D eigenvalue weighted by atomic mass is 9.53. The Morgan fingerprint density at radius 1 is 0.966 bits per heavy atom. The number of hydrogen-bond acceptors (Lipinski definition) is 2. The minimum atomic E-state index is -4.42. The van der Waals surface area contributed by atoms with Crippen LogP contribution >= 0.6 is 0 Å². The molecule has 1 aromatic carbocycles. The summed E-state index contributed by atoms with van der Waals surface area (Å²) in [7, 11) is 0. The molecule has 5 rings (SSSR count). The first-order chi connectivity index (χ1) is 13.7. The predicted molar refractivity (Wildman–Crippen MR) is 102 cm³/mol. The Balaban J connectivity index is 1.28. The number of alkyl halides is 3. The molecule has 8 heteroatoms. The van der Waals surface area contributed by atoms with E-state index < -0.39 is 18.6 Å². The Labute approximate surface area is 167 Å². The highest BCUT2D eigenvalue weighted by atomic mass is 19.4. The van der Waals surface area contributed by atoms with Crippen molar-refractivity contribution in [3.05, 3.63) is 29.8 Å². The first kappa shape index (κ1) is 20.0. The minimum Gasteiger partial charge on any atom is -0.347 e. The molecular weight excluding hydrogens is 383 g/mol. The molecule has 0 spiro atoms. The Morgan fingerprint density at radius 2 is 1.52 bits per heavy atom. The van der Waals surface area contributed by atoms with Crippen molar-refractivity contribution in [3.8, 4) is 0 Å². The summed E-state index contributed by atoms with van der Waals surface area (Å²) in [6.07, 6.45) is 2.56. The quantitative estimate of drug-likeness (QED) is 0.688. The molecule has 4 bridgehead atoms. The highest BCUT2D eigenvalue weighted by molar-refractivity contribution is 5.90. The van der Waals surface area contributed by atoms with Gasteiger partial charge in [-0.3, -0.25) is 4.79 Å².